The van der Waals surface area contributed by atoms with Crippen LogP contribution >= 0.6 is 23.1 Å². The number of aliphatic carboxylic acids is 1. The molecule has 0 radical (unpaired) electrons. The van der Waals surface area contributed by atoms with E-state index in [-0.39, 0.29) is 5.75 Å². The van der Waals surface area contributed by atoms with Gasteiger partial charge in [-0.1, -0.05) is 42.1 Å². The van der Waals surface area contributed by atoms with E-state index >= 15 is 0 Å². The lowest BCUT2D eigenvalue weighted by Gasteiger charge is -2.11. The predicted octanol–water partition coefficient (Wildman–Crippen LogP) is 3.73. The minimum Gasteiger partial charge on any atom is -0.481 e. The maximum atomic E-state index is 12.2. The fourth-order valence-corrected chi connectivity index (χ4v) is 4.25. The summed E-state index contributed by atoms with van der Waals surface area (Å²) < 4.78 is 1.80. The lowest BCUT2D eigenvalue weighted by Crippen LogP contribution is -2.31. The average Bonchev–Trinajstić information content (AvgIpc) is 2.98. The number of aromatic nitrogens is 1. The number of benzene rings is 2. The van der Waals surface area contributed by atoms with Crippen LogP contribution in [0.1, 0.15) is 0 Å². The topological polar surface area (TPSA) is 79.3 Å². The predicted molar refractivity (Wildman–Crippen MR) is 96.5 cm³/mol. The Hall–Kier alpha value is -2.38. The van der Waals surface area contributed by atoms with Crippen LogP contribution in [0.4, 0.5) is 5.69 Å². The van der Waals surface area contributed by atoms with Crippen LogP contribution in [0.15, 0.2) is 58.9 Å². The largest absolute Gasteiger partial charge is 0.481 e. The van der Waals surface area contributed by atoms with Crippen LogP contribution in [0.5, 0.6) is 0 Å². The SMILES string of the molecule is O=C(O)C(CSc1nc2ccccc2s1)C(=O)Nc1ccccc1. The smallest absolute Gasteiger partial charge is 0.316 e. The van der Waals surface area contributed by atoms with Gasteiger partial charge in [0.25, 0.3) is 0 Å². The Balaban J connectivity index is 1.67. The van der Waals surface area contributed by atoms with E-state index in [2.05, 4.69) is 10.3 Å². The second-order valence-electron chi connectivity index (χ2n) is 5.00. The molecule has 0 aliphatic rings. The van der Waals surface area contributed by atoms with Gasteiger partial charge in [-0.3, -0.25) is 9.59 Å². The Labute approximate surface area is 146 Å². The Morgan fingerprint density at radius 2 is 1.83 bits per heavy atom. The zero-order valence-corrected chi connectivity index (χ0v) is 14.1. The summed E-state index contributed by atoms with van der Waals surface area (Å²) in [6, 6.07) is 16.5. The molecule has 2 aromatic carbocycles. The number of thioether (sulfide) groups is 1. The van der Waals surface area contributed by atoms with Gasteiger partial charge < -0.3 is 10.4 Å². The molecule has 1 atom stereocenters. The number of para-hydroxylation sites is 2. The minimum atomic E-state index is -1.14. The van der Waals surface area contributed by atoms with Crippen LogP contribution in [0, 0.1) is 5.92 Å². The molecule has 0 saturated carbocycles. The molecule has 1 unspecified atom stereocenters. The number of carboxylic acid groups (broad SMARTS) is 1. The number of amides is 1. The van der Waals surface area contributed by atoms with Gasteiger partial charge in [0.15, 0.2) is 4.34 Å². The Morgan fingerprint density at radius 1 is 1.12 bits per heavy atom. The molecule has 1 aromatic heterocycles. The highest BCUT2D eigenvalue weighted by Gasteiger charge is 2.27. The highest BCUT2D eigenvalue weighted by molar-refractivity contribution is 8.01. The van der Waals surface area contributed by atoms with E-state index < -0.39 is 17.8 Å². The zero-order valence-electron chi connectivity index (χ0n) is 12.5. The number of hydrogen-bond acceptors (Lipinski definition) is 5. The van der Waals surface area contributed by atoms with E-state index in [9.17, 15) is 14.7 Å². The number of carbonyl (C=O) groups excluding carboxylic acids is 1. The summed E-state index contributed by atoms with van der Waals surface area (Å²) in [4.78, 5) is 28.1. The van der Waals surface area contributed by atoms with Crippen LogP contribution < -0.4 is 5.32 Å². The second kappa shape index (κ2) is 7.46. The van der Waals surface area contributed by atoms with Crippen LogP contribution in [-0.4, -0.2) is 27.7 Å². The van der Waals surface area contributed by atoms with Gasteiger partial charge in [0.05, 0.1) is 10.2 Å². The molecule has 2 N–H and O–H groups in total. The number of carboxylic acids is 1. The van der Waals surface area contributed by atoms with Crippen molar-refractivity contribution in [3.05, 3.63) is 54.6 Å². The maximum Gasteiger partial charge on any atom is 0.316 e. The highest BCUT2D eigenvalue weighted by atomic mass is 32.2. The average molecular weight is 358 g/mol. The Kier molecular flexibility index (Phi) is 5.12. The Bertz CT molecular complexity index is 831. The van der Waals surface area contributed by atoms with Gasteiger partial charge in [-0.15, -0.1) is 11.3 Å². The van der Waals surface area contributed by atoms with Gasteiger partial charge in [0.1, 0.15) is 5.92 Å². The highest BCUT2D eigenvalue weighted by Crippen LogP contribution is 2.30. The number of anilines is 1. The van der Waals surface area contributed by atoms with Gasteiger partial charge in [0, 0.05) is 11.4 Å². The summed E-state index contributed by atoms with van der Waals surface area (Å²) in [7, 11) is 0. The van der Waals surface area contributed by atoms with Crippen molar-refractivity contribution in [2.45, 2.75) is 4.34 Å². The number of nitrogens with zero attached hydrogens (tertiary/aromatic N) is 1. The summed E-state index contributed by atoms with van der Waals surface area (Å²) in [5, 5.41) is 12.0. The molecule has 122 valence electrons. The van der Waals surface area contributed by atoms with Crippen molar-refractivity contribution in [3.63, 3.8) is 0 Å². The van der Waals surface area contributed by atoms with E-state index in [1.54, 1.807) is 24.3 Å². The fourth-order valence-electron chi connectivity index (χ4n) is 2.08. The molecular formula is C17H14N2O3S2. The van der Waals surface area contributed by atoms with Crippen LogP contribution in [0.3, 0.4) is 0 Å². The van der Waals surface area contributed by atoms with Crippen molar-refractivity contribution in [3.8, 4) is 0 Å². The molecule has 3 rings (SSSR count). The number of rotatable bonds is 6. The first kappa shape index (κ1) is 16.5. The molecule has 24 heavy (non-hydrogen) atoms. The first-order valence-electron chi connectivity index (χ1n) is 7.20. The number of hydrogen-bond donors (Lipinski definition) is 2. The van der Waals surface area contributed by atoms with Gasteiger partial charge >= 0.3 is 5.97 Å². The minimum absolute atomic E-state index is 0.133. The first-order chi connectivity index (χ1) is 11.6. The van der Waals surface area contributed by atoms with Gasteiger partial charge in [-0.25, -0.2) is 4.98 Å². The van der Waals surface area contributed by atoms with E-state index in [0.717, 1.165) is 14.6 Å². The maximum absolute atomic E-state index is 12.2. The van der Waals surface area contributed by atoms with Gasteiger partial charge in [0.2, 0.25) is 5.91 Å². The van der Waals surface area contributed by atoms with Crippen LogP contribution in [-0.2, 0) is 9.59 Å². The fraction of sp³-hybridized carbons (Fsp3) is 0.118. The molecule has 0 aliphatic carbocycles. The zero-order chi connectivity index (χ0) is 16.9. The summed E-state index contributed by atoms with van der Waals surface area (Å²) >= 11 is 2.78. The molecule has 1 heterocycles. The monoisotopic (exact) mass is 358 g/mol. The summed E-state index contributed by atoms with van der Waals surface area (Å²) in [5.74, 6) is -2.67. The van der Waals surface area contributed by atoms with Crippen molar-refractivity contribution >= 4 is 50.9 Å². The quantitative estimate of drug-likeness (QED) is 0.518. The molecule has 1 amide bonds. The van der Waals surface area contributed by atoms with Crippen molar-refractivity contribution < 1.29 is 14.7 Å². The van der Waals surface area contributed by atoms with Crippen molar-refractivity contribution in [2.75, 3.05) is 11.1 Å². The number of carbonyl (C=O) groups is 2. The molecule has 0 saturated heterocycles. The third-order valence-corrected chi connectivity index (χ3v) is 5.58. The Morgan fingerprint density at radius 3 is 2.54 bits per heavy atom. The molecule has 0 fully saturated rings. The van der Waals surface area contributed by atoms with Crippen molar-refractivity contribution in [1.29, 1.82) is 0 Å². The molecule has 0 aliphatic heterocycles. The summed E-state index contributed by atoms with van der Waals surface area (Å²) in [5.41, 5.74) is 1.46. The third-order valence-electron chi connectivity index (χ3n) is 3.30. The standard InChI is InChI=1S/C17H14N2O3S2/c20-15(18-11-6-2-1-3-7-11)12(16(21)22)10-23-17-19-13-8-4-5-9-14(13)24-17/h1-9,12H,10H2,(H,18,20)(H,21,22). The first-order valence-corrected chi connectivity index (χ1v) is 9.01. The molecule has 0 spiro atoms. The van der Waals surface area contributed by atoms with Crippen LogP contribution in [0.2, 0.25) is 0 Å². The molecule has 0 bridgehead atoms. The molecular weight excluding hydrogens is 344 g/mol. The van der Waals surface area contributed by atoms with E-state index in [1.807, 2.05) is 30.3 Å². The lowest BCUT2D eigenvalue weighted by molar-refractivity contribution is -0.144. The van der Waals surface area contributed by atoms with Gasteiger partial charge in [-0.2, -0.15) is 0 Å². The van der Waals surface area contributed by atoms with Crippen molar-refractivity contribution in [2.24, 2.45) is 5.92 Å². The van der Waals surface area contributed by atoms with Crippen molar-refractivity contribution in [1.82, 2.24) is 4.98 Å². The molecule has 5 nitrogen and oxygen atoms in total. The number of thiazole rings is 1. The second-order valence-corrected chi connectivity index (χ2v) is 7.30. The summed E-state index contributed by atoms with van der Waals surface area (Å²) in [6.07, 6.45) is 0. The molecule has 3 aromatic rings. The normalized spacial score (nSPS) is 12.0. The molecule has 7 heteroatoms. The number of fused-ring (bicyclic) bond motifs is 1. The van der Waals surface area contributed by atoms with E-state index in [4.69, 9.17) is 0 Å². The lowest BCUT2D eigenvalue weighted by atomic mass is 10.1. The third kappa shape index (κ3) is 3.93. The van der Waals surface area contributed by atoms with E-state index in [1.165, 1.54) is 23.1 Å². The summed E-state index contributed by atoms with van der Waals surface area (Å²) in [6.45, 7) is 0. The number of nitrogens with one attached hydrogen (secondary N) is 1. The van der Waals surface area contributed by atoms with E-state index in [0.29, 0.717) is 5.69 Å². The van der Waals surface area contributed by atoms with Gasteiger partial charge in [-0.05, 0) is 24.3 Å². The van der Waals surface area contributed by atoms with Crippen LogP contribution in [0.25, 0.3) is 10.2 Å².